The average Bonchev–Trinajstić information content (AvgIpc) is 2.67. The third-order valence-corrected chi connectivity index (χ3v) is 2.85. The van der Waals surface area contributed by atoms with Gasteiger partial charge in [-0.2, -0.15) is 5.10 Å². The Morgan fingerprint density at radius 3 is 2.83 bits per heavy atom. The number of hydrogen-bond donors (Lipinski definition) is 0. The molecule has 0 aliphatic rings. The van der Waals surface area contributed by atoms with Crippen LogP contribution in [0.4, 0.5) is 0 Å². The molecule has 18 heavy (non-hydrogen) atoms. The highest BCUT2D eigenvalue weighted by atomic mass is 35.5. The summed E-state index contributed by atoms with van der Waals surface area (Å²) >= 11 is 6.03. The van der Waals surface area contributed by atoms with Gasteiger partial charge in [-0.05, 0) is 27.9 Å². The molecule has 0 aromatic carbocycles. The molecule has 5 nitrogen and oxygen atoms in total. The van der Waals surface area contributed by atoms with Crippen LogP contribution in [0.15, 0.2) is 6.20 Å². The van der Waals surface area contributed by atoms with Gasteiger partial charge in [-0.1, -0.05) is 11.6 Å². The molecule has 0 amide bonds. The predicted molar refractivity (Wildman–Crippen MR) is 71.2 cm³/mol. The van der Waals surface area contributed by atoms with Crippen molar-refractivity contribution < 1.29 is 9.53 Å². The van der Waals surface area contributed by atoms with Crippen molar-refractivity contribution in [2.45, 2.75) is 26.5 Å². The van der Waals surface area contributed by atoms with Crippen molar-refractivity contribution in [3.8, 4) is 0 Å². The Balaban J connectivity index is 2.86. The number of hydrogen-bond acceptors (Lipinski definition) is 4. The van der Waals surface area contributed by atoms with Crippen molar-refractivity contribution in [3.63, 3.8) is 0 Å². The molecule has 0 N–H and O–H groups in total. The minimum absolute atomic E-state index is 0.127. The summed E-state index contributed by atoms with van der Waals surface area (Å²) in [6.45, 7) is 5.50. The number of likely N-dealkylation sites (N-methyl/N-ethyl adjacent to an activating group) is 1. The number of aromatic nitrogens is 2. The maximum atomic E-state index is 12.2. The second-order valence-electron chi connectivity index (χ2n) is 4.33. The van der Waals surface area contributed by atoms with Crippen LogP contribution in [-0.4, -0.2) is 53.8 Å². The predicted octanol–water partition coefficient (Wildman–Crippen LogP) is 1.71. The fourth-order valence-corrected chi connectivity index (χ4v) is 1.82. The minimum Gasteiger partial charge on any atom is -0.371 e. The molecular formula is C12H20ClN3O2. The van der Waals surface area contributed by atoms with Gasteiger partial charge in [0.15, 0.2) is 0 Å². The van der Waals surface area contributed by atoms with Crippen LogP contribution in [0.3, 0.4) is 0 Å². The number of carbonyl (C=O) groups is 1. The number of halogens is 1. The molecule has 0 saturated heterocycles. The van der Waals surface area contributed by atoms with Crippen LogP contribution in [0.1, 0.15) is 24.3 Å². The van der Waals surface area contributed by atoms with E-state index in [9.17, 15) is 4.79 Å². The lowest BCUT2D eigenvalue weighted by Gasteiger charge is -2.14. The maximum absolute atomic E-state index is 12.2. The summed E-state index contributed by atoms with van der Waals surface area (Å²) in [6.07, 6.45) is 1.01. The quantitative estimate of drug-likeness (QED) is 0.710. The summed E-state index contributed by atoms with van der Waals surface area (Å²) in [5.41, 5.74) is 0.430. The van der Waals surface area contributed by atoms with Crippen LogP contribution in [0.25, 0.3) is 0 Å². The lowest BCUT2D eigenvalue weighted by atomic mass is 10.2. The zero-order chi connectivity index (χ0) is 13.7. The van der Waals surface area contributed by atoms with Crippen LogP contribution < -0.4 is 0 Å². The normalized spacial score (nSPS) is 13.0. The molecule has 1 atom stereocenters. The molecule has 1 heterocycles. The average molecular weight is 274 g/mol. The third-order valence-electron chi connectivity index (χ3n) is 2.57. The topological polar surface area (TPSA) is 47.4 Å². The van der Waals surface area contributed by atoms with Gasteiger partial charge >= 0.3 is 0 Å². The van der Waals surface area contributed by atoms with Crippen LogP contribution in [0.5, 0.6) is 0 Å². The van der Waals surface area contributed by atoms with Gasteiger partial charge in [0.25, 0.3) is 0 Å². The smallest absolute Gasteiger partial charge is 0.210 e. The van der Waals surface area contributed by atoms with Gasteiger partial charge in [-0.15, -0.1) is 0 Å². The molecule has 0 spiro atoms. The third kappa shape index (κ3) is 3.80. The molecule has 0 aliphatic carbocycles. The Morgan fingerprint density at radius 1 is 1.61 bits per heavy atom. The fraction of sp³-hybridized carbons (Fsp3) is 0.667. The number of nitrogens with zero attached hydrogens (tertiary/aromatic N) is 3. The lowest BCUT2D eigenvalue weighted by Crippen LogP contribution is -2.26. The fourth-order valence-electron chi connectivity index (χ4n) is 1.59. The van der Waals surface area contributed by atoms with E-state index in [4.69, 9.17) is 16.3 Å². The standard InChI is InChI=1S/C12H20ClN3O2/c1-5-18-9(2)12(17)11-10(13)8-14-16(11)7-6-15(3)4/h8-9H,5-7H2,1-4H3. The number of ketones is 1. The van der Waals surface area contributed by atoms with Crippen molar-refractivity contribution in [1.82, 2.24) is 14.7 Å². The molecule has 1 unspecified atom stereocenters. The monoisotopic (exact) mass is 273 g/mol. The van der Waals surface area contributed by atoms with E-state index in [0.29, 0.717) is 23.9 Å². The Labute approximate surface area is 113 Å². The van der Waals surface area contributed by atoms with Crippen molar-refractivity contribution in [2.24, 2.45) is 0 Å². The maximum Gasteiger partial charge on any atom is 0.210 e. The molecule has 1 rings (SSSR count). The largest absolute Gasteiger partial charge is 0.371 e. The zero-order valence-corrected chi connectivity index (χ0v) is 12.1. The highest BCUT2D eigenvalue weighted by molar-refractivity contribution is 6.33. The van der Waals surface area contributed by atoms with E-state index in [1.165, 1.54) is 6.20 Å². The highest BCUT2D eigenvalue weighted by Crippen LogP contribution is 2.18. The minimum atomic E-state index is -0.498. The van der Waals surface area contributed by atoms with Crippen LogP contribution in [0.2, 0.25) is 5.02 Å². The van der Waals surface area contributed by atoms with Gasteiger partial charge in [0, 0.05) is 13.2 Å². The van der Waals surface area contributed by atoms with E-state index in [-0.39, 0.29) is 5.78 Å². The highest BCUT2D eigenvalue weighted by Gasteiger charge is 2.23. The van der Waals surface area contributed by atoms with Gasteiger partial charge in [-0.25, -0.2) is 0 Å². The zero-order valence-electron chi connectivity index (χ0n) is 11.3. The van der Waals surface area contributed by atoms with Crippen LogP contribution in [-0.2, 0) is 11.3 Å². The first-order valence-electron chi connectivity index (χ1n) is 5.99. The van der Waals surface area contributed by atoms with E-state index in [2.05, 4.69) is 5.10 Å². The van der Waals surface area contributed by atoms with Crippen molar-refractivity contribution in [2.75, 3.05) is 27.2 Å². The first-order chi connectivity index (χ1) is 8.47. The molecule has 6 heteroatoms. The summed E-state index contributed by atoms with van der Waals surface area (Å²) in [7, 11) is 3.94. The summed E-state index contributed by atoms with van der Waals surface area (Å²) in [4.78, 5) is 14.2. The van der Waals surface area contributed by atoms with Gasteiger partial charge < -0.3 is 9.64 Å². The van der Waals surface area contributed by atoms with E-state index >= 15 is 0 Å². The molecular weight excluding hydrogens is 254 g/mol. The second-order valence-corrected chi connectivity index (χ2v) is 4.74. The van der Waals surface area contributed by atoms with E-state index < -0.39 is 6.10 Å². The molecule has 0 radical (unpaired) electrons. The molecule has 0 aliphatic heterocycles. The number of carbonyl (C=O) groups excluding carboxylic acids is 1. The molecule has 0 saturated carbocycles. The Hall–Kier alpha value is -0.910. The second kappa shape index (κ2) is 6.87. The summed E-state index contributed by atoms with van der Waals surface area (Å²) in [6, 6.07) is 0. The molecule has 0 fully saturated rings. The Bertz CT molecular complexity index is 404. The Kier molecular flexibility index (Phi) is 5.78. The molecule has 1 aromatic heterocycles. The van der Waals surface area contributed by atoms with E-state index in [1.54, 1.807) is 11.6 Å². The summed E-state index contributed by atoms with van der Waals surface area (Å²) < 4.78 is 6.94. The Morgan fingerprint density at radius 2 is 2.28 bits per heavy atom. The number of ether oxygens (including phenoxy) is 1. The first kappa shape index (κ1) is 15.1. The van der Waals surface area contributed by atoms with Crippen molar-refractivity contribution >= 4 is 17.4 Å². The summed E-state index contributed by atoms with van der Waals surface area (Å²) in [5, 5.41) is 4.51. The molecule has 102 valence electrons. The molecule has 0 bridgehead atoms. The van der Waals surface area contributed by atoms with Crippen LogP contribution >= 0.6 is 11.6 Å². The van der Waals surface area contributed by atoms with Gasteiger partial charge in [0.1, 0.15) is 11.8 Å². The van der Waals surface area contributed by atoms with Crippen molar-refractivity contribution in [1.29, 1.82) is 0 Å². The summed E-state index contributed by atoms with van der Waals surface area (Å²) in [5.74, 6) is -0.127. The first-order valence-corrected chi connectivity index (χ1v) is 6.37. The van der Waals surface area contributed by atoms with Crippen LogP contribution in [0, 0.1) is 0 Å². The van der Waals surface area contributed by atoms with Gasteiger partial charge in [0.2, 0.25) is 5.78 Å². The lowest BCUT2D eigenvalue weighted by molar-refractivity contribution is 0.0510. The van der Waals surface area contributed by atoms with E-state index in [0.717, 1.165) is 6.54 Å². The van der Waals surface area contributed by atoms with Crippen molar-refractivity contribution in [3.05, 3.63) is 16.9 Å². The van der Waals surface area contributed by atoms with Gasteiger partial charge in [0.05, 0.1) is 17.8 Å². The SMILES string of the molecule is CCOC(C)C(=O)c1c(Cl)cnn1CCN(C)C. The number of rotatable bonds is 7. The molecule has 1 aromatic rings. The van der Waals surface area contributed by atoms with Gasteiger partial charge in [-0.3, -0.25) is 9.48 Å². The number of Topliss-reactive ketones (excluding diaryl/α,β-unsaturated/α-hetero) is 1. The van der Waals surface area contributed by atoms with E-state index in [1.807, 2.05) is 25.9 Å².